The summed E-state index contributed by atoms with van der Waals surface area (Å²) in [5.41, 5.74) is 10.3. The Morgan fingerprint density at radius 2 is 1.86 bits per heavy atom. The van der Waals surface area contributed by atoms with Gasteiger partial charge in [-0.15, -0.1) is 0 Å². The number of nitrogens with two attached hydrogens (primary N) is 2. The molecule has 116 valence electrons. The van der Waals surface area contributed by atoms with E-state index in [9.17, 15) is 18.0 Å². The first-order chi connectivity index (χ1) is 9.56. The first-order valence-electron chi connectivity index (χ1n) is 6.00. The minimum atomic E-state index is -4.26. The van der Waals surface area contributed by atoms with E-state index in [0.717, 1.165) is 12.1 Å². The monoisotopic (exact) mass is 315 g/mol. The summed E-state index contributed by atoms with van der Waals surface area (Å²) in [4.78, 5) is 21.9. The molecule has 0 saturated carbocycles. The lowest BCUT2D eigenvalue weighted by Gasteiger charge is -2.19. The fraction of sp³-hybridized carbons (Fsp3) is 0.333. The van der Waals surface area contributed by atoms with E-state index in [1.54, 1.807) is 13.8 Å². The molecule has 0 aliphatic carbocycles. The van der Waals surface area contributed by atoms with E-state index in [1.165, 1.54) is 6.07 Å². The summed E-state index contributed by atoms with van der Waals surface area (Å²) >= 11 is 0. The zero-order valence-electron chi connectivity index (χ0n) is 11.5. The number of amides is 1. The lowest BCUT2D eigenvalue weighted by atomic mass is 10.1. The summed E-state index contributed by atoms with van der Waals surface area (Å²) in [5.74, 6) is -2.67. The number of sulfonamides is 1. The minimum absolute atomic E-state index is 0.0838. The summed E-state index contributed by atoms with van der Waals surface area (Å²) in [6.07, 6.45) is 0. The van der Waals surface area contributed by atoms with E-state index in [4.69, 9.17) is 16.6 Å². The number of nitrogens with one attached hydrogen (secondary N) is 1. The van der Waals surface area contributed by atoms with Crippen molar-refractivity contribution in [2.24, 2.45) is 11.7 Å². The molecule has 1 aromatic carbocycles. The molecular formula is C12H17N3O5S. The third-order valence-electron chi connectivity index (χ3n) is 2.78. The van der Waals surface area contributed by atoms with Crippen LogP contribution in [0.2, 0.25) is 0 Å². The summed E-state index contributed by atoms with van der Waals surface area (Å²) in [7, 11) is -4.26. The fourth-order valence-electron chi connectivity index (χ4n) is 1.69. The van der Waals surface area contributed by atoms with Crippen molar-refractivity contribution in [1.29, 1.82) is 0 Å². The van der Waals surface area contributed by atoms with Crippen molar-refractivity contribution in [3.05, 3.63) is 23.8 Å². The lowest BCUT2D eigenvalue weighted by molar-refractivity contribution is -0.120. The second-order valence-electron chi connectivity index (χ2n) is 4.81. The zero-order chi connectivity index (χ0) is 16.4. The Balaban J connectivity index is 3.34. The van der Waals surface area contributed by atoms with Crippen molar-refractivity contribution in [2.75, 3.05) is 5.73 Å². The minimum Gasteiger partial charge on any atom is -0.478 e. The van der Waals surface area contributed by atoms with E-state index in [1.807, 2.05) is 0 Å². The third-order valence-corrected chi connectivity index (χ3v) is 4.26. The van der Waals surface area contributed by atoms with E-state index < -0.39 is 44.3 Å². The highest BCUT2D eigenvalue weighted by Crippen LogP contribution is 2.20. The number of carbonyl (C=O) groups excluding carboxylic acids is 1. The van der Waals surface area contributed by atoms with Gasteiger partial charge in [0.05, 0.1) is 10.5 Å². The summed E-state index contributed by atoms with van der Waals surface area (Å²) < 4.78 is 26.7. The van der Waals surface area contributed by atoms with Crippen LogP contribution >= 0.6 is 0 Å². The molecule has 0 aliphatic rings. The van der Waals surface area contributed by atoms with Gasteiger partial charge in [-0.25, -0.2) is 13.2 Å². The van der Waals surface area contributed by atoms with Crippen LogP contribution in [0.15, 0.2) is 23.1 Å². The zero-order valence-corrected chi connectivity index (χ0v) is 12.3. The van der Waals surface area contributed by atoms with Gasteiger partial charge >= 0.3 is 5.97 Å². The van der Waals surface area contributed by atoms with Crippen LogP contribution in [0.3, 0.4) is 0 Å². The normalized spacial score (nSPS) is 13.1. The molecular weight excluding hydrogens is 298 g/mol. The predicted octanol–water partition coefficient (Wildman–Crippen LogP) is -0.245. The van der Waals surface area contributed by atoms with Gasteiger partial charge in [0.1, 0.15) is 6.04 Å². The molecule has 0 aromatic heterocycles. The van der Waals surface area contributed by atoms with Crippen molar-refractivity contribution < 1.29 is 23.1 Å². The van der Waals surface area contributed by atoms with Gasteiger partial charge in [-0.2, -0.15) is 4.72 Å². The molecule has 1 unspecified atom stereocenters. The van der Waals surface area contributed by atoms with E-state index in [0.29, 0.717) is 0 Å². The number of carbonyl (C=O) groups is 2. The number of carboxylic acid groups (broad SMARTS) is 1. The third kappa shape index (κ3) is 3.92. The Bertz CT molecular complexity index is 669. The van der Waals surface area contributed by atoms with Crippen molar-refractivity contribution in [3.63, 3.8) is 0 Å². The molecule has 1 aromatic rings. The maximum atomic E-state index is 12.3. The highest BCUT2D eigenvalue weighted by Gasteiger charge is 2.29. The van der Waals surface area contributed by atoms with Crippen molar-refractivity contribution in [2.45, 2.75) is 24.8 Å². The van der Waals surface area contributed by atoms with Crippen LogP contribution in [0, 0.1) is 5.92 Å². The van der Waals surface area contributed by atoms with Crippen LogP contribution in [0.25, 0.3) is 0 Å². The van der Waals surface area contributed by atoms with Gasteiger partial charge in [-0.05, 0) is 24.1 Å². The van der Waals surface area contributed by atoms with Gasteiger partial charge in [0.15, 0.2) is 0 Å². The highest BCUT2D eigenvalue weighted by molar-refractivity contribution is 7.89. The number of hydrogen-bond donors (Lipinski definition) is 4. The quantitative estimate of drug-likeness (QED) is 0.531. The second-order valence-corrected chi connectivity index (χ2v) is 6.49. The van der Waals surface area contributed by atoms with Gasteiger partial charge in [0.25, 0.3) is 0 Å². The van der Waals surface area contributed by atoms with E-state index >= 15 is 0 Å². The van der Waals surface area contributed by atoms with Crippen LogP contribution in [-0.4, -0.2) is 31.4 Å². The summed E-state index contributed by atoms with van der Waals surface area (Å²) in [6.45, 7) is 3.21. The standard InChI is InChI=1S/C12H17N3O5S/c1-6(2)10(11(14)16)15-21(19,20)9-5-7(13)3-4-8(9)12(17)18/h3-6,10,15H,13H2,1-2H3,(H2,14,16)(H,17,18). The number of carboxylic acids is 1. The van der Waals surface area contributed by atoms with Crippen LogP contribution in [0.4, 0.5) is 5.69 Å². The van der Waals surface area contributed by atoms with Crippen molar-refractivity contribution in [1.82, 2.24) is 4.72 Å². The molecule has 0 spiro atoms. The lowest BCUT2D eigenvalue weighted by Crippen LogP contribution is -2.47. The average Bonchev–Trinajstić information content (AvgIpc) is 2.34. The maximum absolute atomic E-state index is 12.3. The van der Waals surface area contributed by atoms with Crippen LogP contribution < -0.4 is 16.2 Å². The smallest absolute Gasteiger partial charge is 0.337 e. The van der Waals surface area contributed by atoms with Crippen LogP contribution in [0.5, 0.6) is 0 Å². The molecule has 0 heterocycles. The average molecular weight is 315 g/mol. The van der Waals surface area contributed by atoms with Crippen LogP contribution in [0.1, 0.15) is 24.2 Å². The van der Waals surface area contributed by atoms with E-state index in [2.05, 4.69) is 4.72 Å². The summed E-state index contributed by atoms with van der Waals surface area (Å²) in [6, 6.07) is 2.22. The Hall–Kier alpha value is -2.13. The number of benzene rings is 1. The van der Waals surface area contributed by atoms with Gasteiger partial charge in [-0.3, -0.25) is 4.79 Å². The molecule has 1 rings (SSSR count). The SMILES string of the molecule is CC(C)C(NS(=O)(=O)c1cc(N)ccc1C(=O)O)C(N)=O. The second kappa shape index (κ2) is 6.10. The molecule has 21 heavy (non-hydrogen) atoms. The number of anilines is 1. The predicted molar refractivity (Wildman–Crippen MR) is 76.0 cm³/mol. The topological polar surface area (TPSA) is 153 Å². The molecule has 8 nitrogen and oxygen atoms in total. The molecule has 9 heteroatoms. The highest BCUT2D eigenvalue weighted by atomic mass is 32.2. The van der Waals surface area contributed by atoms with Gasteiger partial charge in [0, 0.05) is 5.69 Å². The molecule has 6 N–H and O–H groups in total. The molecule has 0 bridgehead atoms. The van der Waals surface area contributed by atoms with Gasteiger partial charge < -0.3 is 16.6 Å². The molecule has 1 atom stereocenters. The van der Waals surface area contributed by atoms with Crippen molar-refractivity contribution in [3.8, 4) is 0 Å². The first kappa shape index (κ1) is 16.9. The number of aromatic carboxylic acids is 1. The number of rotatable bonds is 6. The first-order valence-corrected chi connectivity index (χ1v) is 7.49. The molecule has 0 aliphatic heterocycles. The van der Waals surface area contributed by atoms with Crippen LogP contribution in [-0.2, 0) is 14.8 Å². The maximum Gasteiger partial charge on any atom is 0.337 e. The van der Waals surface area contributed by atoms with Crippen molar-refractivity contribution >= 4 is 27.6 Å². The Kier molecular flexibility index (Phi) is 4.92. The number of primary amides is 1. The molecule has 0 saturated heterocycles. The molecule has 1 amide bonds. The van der Waals surface area contributed by atoms with Gasteiger partial charge in [0.2, 0.25) is 15.9 Å². The fourth-order valence-corrected chi connectivity index (χ4v) is 3.28. The number of nitrogen functional groups attached to an aromatic ring is 1. The molecule has 0 fully saturated rings. The Labute approximate surface area is 122 Å². The number of hydrogen-bond acceptors (Lipinski definition) is 5. The molecule has 0 radical (unpaired) electrons. The van der Waals surface area contributed by atoms with E-state index in [-0.39, 0.29) is 5.69 Å². The van der Waals surface area contributed by atoms with Gasteiger partial charge in [-0.1, -0.05) is 13.8 Å². The Morgan fingerprint density at radius 3 is 2.29 bits per heavy atom. The summed E-state index contributed by atoms with van der Waals surface area (Å²) in [5, 5.41) is 9.05. The largest absolute Gasteiger partial charge is 0.478 e. The Morgan fingerprint density at radius 1 is 1.29 bits per heavy atom.